The standard InChI is InChI=1S/C18H24O3/c1-18-7-6-13-12-5-3-11(19)8-10(12)2-4-14(13)15(18)9-16(20)17(18)21/h3,5,8,13-17,19-21H,2,4,6-7,9H2,1H3/t13-,14+,15+,16-,17-,18+/m1/s1. The van der Waals surface area contributed by atoms with Crippen molar-refractivity contribution in [1.29, 1.82) is 0 Å². The summed E-state index contributed by atoms with van der Waals surface area (Å²) in [7, 11) is 0. The van der Waals surface area contributed by atoms with Crippen molar-refractivity contribution >= 4 is 0 Å². The summed E-state index contributed by atoms with van der Waals surface area (Å²) in [5.41, 5.74) is 2.57. The zero-order valence-electron chi connectivity index (χ0n) is 12.5. The van der Waals surface area contributed by atoms with E-state index in [4.69, 9.17) is 0 Å². The summed E-state index contributed by atoms with van der Waals surface area (Å²) in [5, 5.41) is 30.2. The topological polar surface area (TPSA) is 60.7 Å². The Kier molecular flexibility index (Phi) is 2.89. The van der Waals surface area contributed by atoms with E-state index < -0.39 is 12.2 Å². The van der Waals surface area contributed by atoms with E-state index >= 15 is 0 Å². The number of benzene rings is 1. The lowest BCUT2D eigenvalue weighted by Crippen LogP contribution is -2.44. The fourth-order valence-corrected chi connectivity index (χ4v) is 5.56. The van der Waals surface area contributed by atoms with Crippen LogP contribution in [0.2, 0.25) is 0 Å². The SMILES string of the molecule is C[C@]12CC[C@@H]3c4ccc(O)cc4CC[C@@H]3[C@@H]1C[C@@H](O)[C@H]2O. The lowest BCUT2D eigenvalue weighted by Gasteiger charge is -2.49. The highest BCUT2D eigenvalue weighted by atomic mass is 16.3. The molecule has 3 aliphatic carbocycles. The van der Waals surface area contributed by atoms with Crippen molar-refractivity contribution in [2.45, 2.75) is 57.2 Å². The molecule has 1 aromatic rings. The molecule has 4 rings (SSSR count). The van der Waals surface area contributed by atoms with Gasteiger partial charge in [-0.1, -0.05) is 13.0 Å². The summed E-state index contributed by atoms with van der Waals surface area (Å²) < 4.78 is 0. The lowest BCUT2D eigenvalue weighted by atomic mass is 9.55. The Balaban J connectivity index is 1.71. The fourth-order valence-electron chi connectivity index (χ4n) is 5.56. The van der Waals surface area contributed by atoms with Crippen molar-refractivity contribution < 1.29 is 15.3 Å². The fraction of sp³-hybridized carbons (Fsp3) is 0.667. The maximum absolute atomic E-state index is 10.4. The van der Waals surface area contributed by atoms with Crippen molar-refractivity contribution in [2.24, 2.45) is 17.3 Å². The van der Waals surface area contributed by atoms with Crippen molar-refractivity contribution in [3.05, 3.63) is 29.3 Å². The van der Waals surface area contributed by atoms with Crippen LogP contribution in [0, 0.1) is 17.3 Å². The third-order valence-electron chi connectivity index (χ3n) is 6.68. The van der Waals surface area contributed by atoms with Crippen molar-refractivity contribution in [3.63, 3.8) is 0 Å². The number of hydrogen-bond donors (Lipinski definition) is 3. The predicted octanol–water partition coefficient (Wildman–Crippen LogP) is 2.58. The third-order valence-corrected chi connectivity index (χ3v) is 6.68. The molecule has 0 bridgehead atoms. The maximum Gasteiger partial charge on any atom is 0.115 e. The molecular weight excluding hydrogens is 264 g/mol. The van der Waals surface area contributed by atoms with Gasteiger partial charge in [0.15, 0.2) is 0 Å². The number of rotatable bonds is 0. The van der Waals surface area contributed by atoms with Gasteiger partial charge in [0.1, 0.15) is 5.75 Å². The summed E-state index contributed by atoms with van der Waals surface area (Å²) in [6.45, 7) is 2.17. The van der Waals surface area contributed by atoms with E-state index in [-0.39, 0.29) is 5.41 Å². The van der Waals surface area contributed by atoms with E-state index in [0.717, 1.165) is 32.1 Å². The van der Waals surface area contributed by atoms with Crippen LogP contribution in [0.3, 0.4) is 0 Å². The van der Waals surface area contributed by atoms with Crippen LogP contribution < -0.4 is 0 Å². The third kappa shape index (κ3) is 1.80. The van der Waals surface area contributed by atoms with Gasteiger partial charge >= 0.3 is 0 Å². The zero-order valence-corrected chi connectivity index (χ0v) is 12.5. The largest absolute Gasteiger partial charge is 0.508 e. The maximum atomic E-state index is 10.4. The van der Waals surface area contributed by atoms with Gasteiger partial charge in [0.25, 0.3) is 0 Å². The van der Waals surface area contributed by atoms with E-state index in [1.165, 1.54) is 11.1 Å². The van der Waals surface area contributed by atoms with E-state index in [0.29, 0.717) is 23.5 Å². The van der Waals surface area contributed by atoms with Crippen molar-refractivity contribution in [3.8, 4) is 5.75 Å². The molecule has 0 unspecified atom stereocenters. The number of phenolic OH excluding ortho intramolecular Hbond substituents is 1. The van der Waals surface area contributed by atoms with E-state index in [1.807, 2.05) is 6.07 Å². The summed E-state index contributed by atoms with van der Waals surface area (Å²) in [4.78, 5) is 0. The van der Waals surface area contributed by atoms with Crippen LogP contribution in [0.15, 0.2) is 18.2 Å². The Hall–Kier alpha value is -1.06. The monoisotopic (exact) mass is 288 g/mol. The Bertz CT molecular complexity index is 570. The van der Waals surface area contributed by atoms with Crippen LogP contribution in [-0.2, 0) is 6.42 Å². The number of aliphatic hydroxyl groups is 2. The van der Waals surface area contributed by atoms with Crippen LogP contribution >= 0.6 is 0 Å². The molecule has 0 saturated heterocycles. The van der Waals surface area contributed by atoms with Gasteiger partial charge in [-0.3, -0.25) is 0 Å². The Morgan fingerprint density at radius 2 is 2.00 bits per heavy atom. The average Bonchev–Trinajstić information content (AvgIpc) is 2.70. The minimum absolute atomic E-state index is 0.116. The second kappa shape index (κ2) is 4.47. The van der Waals surface area contributed by atoms with E-state index in [1.54, 1.807) is 6.07 Å². The van der Waals surface area contributed by atoms with Gasteiger partial charge in [0.05, 0.1) is 12.2 Å². The van der Waals surface area contributed by atoms with Gasteiger partial charge in [-0.25, -0.2) is 0 Å². The number of hydrogen-bond acceptors (Lipinski definition) is 3. The molecule has 0 heterocycles. The Morgan fingerprint density at radius 3 is 2.81 bits per heavy atom. The van der Waals surface area contributed by atoms with Crippen LogP contribution in [0.25, 0.3) is 0 Å². The van der Waals surface area contributed by atoms with Crippen molar-refractivity contribution in [1.82, 2.24) is 0 Å². The molecule has 0 aliphatic heterocycles. The summed E-state index contributed by atoms with van der Waals surface area (Å²) in [6.07, 6.45) is 3.80. The second-order valence-corrected chi connectivity index (χ2v) is 7.59. The molecule has 6 atom stereocenters. The first-order valence-corrected chi connectivity index (χ1v) is 8.18. The number of aryl methyl sites for hydroxylation is 1. The molecule has 3 nitrogen and oxygen atoms in total. The van der Waals surface area contributed by atoms with Gasteiger partial charge in [0.2, 0.25) is 0 Å². The molecule has 0 radical (unpaired) electrons. The van der Waals surface area contributed by atoms with E-state index in [9.17, 15) is 15.3 Å². The highest BCUT2D eigenvalue weighted by molar-refractivity contribution is 5.40. The van der Waals surface area contributed by atoms with Gasteiger partial charge < -0.3 is 15.3 Å². The van der Waals surface area contributed by atoms with Gasteiger partial charge in [-0.05, 0) is 78.5 Å². The van der Waals surface area contributed by atoms with Crippen LogP contribution in [0.4, 0.5) is 0 Å². The minimum Gasteiger partial charge on any atom is -0.508 e. The van der Waals surface area contributed by atoms with Crippen LogP contribution in [-0.4, -0.2) is 27.5 Å². The molecular formula is C18H24O3. The van der Waals surface area contributed by atoms with E-state index in [2.05, 4.69) is 13.0 Å². The molecule has 3 aliphatic rings. The summed E-state index contributed by atoms with van der Waals surface area (Å²) in [5.74, 6) is 1.88. The molecule has 1 aromatic carbocycles. The predicted molar refractivity (Wildman–Crippen MR) is 80.1 cm³/mol. The first-order chi connectivity index (χ1) is 10.0. The molecule has 3 heteroatoms. The molecule has 21 heavy (non-hydrogen) atoms. The molecule has 0 aromatic heterocycles. The second-order valence-electron chi connectivity index (χ2n) is 7.59. The smallest absolute Gasteiger partial charge is 0.115 e. The van der Waals surface area contributed by atoms with Crippen molar-refractivity contribution in [2.75, 3.05) is 0 Å². The highest BCUT2D eigenvalue weighted by Gasteiger charge is 2.57. The molecule has 2 saturated carbocycles. The molecule has 114 valence electrons. The summed E-state index contributed by atoms with van der Waals surface area (Å²) >= 11 is 0. The van der Waals surface area contributed by atoms with Gasteiger partial charge in [-0.2, -0.15) is 0 Å². The molecule has 0 spiro atoms. The highest BCUT2D eigenvalue weighted by Crippen LogP contribution is 2.60. The molecule has 3 N–H and O–H groups in total. The first kappa shape index (κ1) is 13.6. The lowest BCUT2D eigenvalue weighted by molar-refractivity contribution is -0.0505. The Labute approximate surface area is 125 Å². The van der Waals surface area contributed by atoms with Gasteiger partial charge in [0, 0.05) is 0 Å². The quantitative estimate of drug-likeness (QED) is 0.687. The van der Waals surface area contributed by atoms with Gasteiger partial charge in [-0.15, -0.1) is 0 Å². The number of aromatic hydroxyl groups is 1. The first-order valence-electron chi connectivity index (χ1n) is 8.18. The van der Waals surface area contributed by atoms with Crippen LogP contribution in [0.5, 0.6) is 5.75 Å². The molecule has 0 amide bonds. The normalized spacial score (nSPS) is 44.8. The summed E-state index contributed by atoms with van der Waals surface area (Å²) in [6, 6.07) is 5.80. The molecule has 2 fully saturated rings. The number of fused-ring (bicyclic) bond motifs is 5. The van der Waals surface area contributed by atoms with Crippen LogP contribution in [0.1, 0.15) is 49.7 Å². The minimum atomic E-state index is -0.565. The average molecular weight is 288 g/mol. The Morgan fingerprint density at radius 1 is 1.19 bits per heavy atom. The zero-order chi connectivity index (χ0) is 14.8. The number of phenols is 1. The number of aliphatic hydroxyl groups excluding tert-OH is 2.